The van der Waals surface area contributed by atoms with E-state index in [9.17, 15) is 14.3 Å². The number of carboxylic acids is 1. The van der Waals surface area contributed by atoms with Crippen LogP contribution in [0.5, 0.6) is 0 Å². The van der Waals surface area contributed by atoms with Crippen LogP contribution in [0.4, 0.5) is 4.39 Å². The Morgan fingerprint density at radius 3 is 2.48 bits per heavy atom. The average molecular weight is 424 g/mol. The van der Waals surface area contributed by atoms with Crippen LogP contribution in [-0.4, -0.2) is 50.3 Å². The lowest BCUT2D eigenvalue weighted by Crippen LogP contribution is -2.46. The zero-order valence-electron chi connectivity index (χ0n) is 19.0. The van der Waals surface area contributed by atoms with E-state index < -0.39 is 21.1 Å². The molecule has 2 rings (SSSR count). The molecule has 1 heterocycles. The normalized spacial score (nSPS) is 23.9. The summed E-state index contributed by atoms with van der Waals surface area (Å²) in [4.78, 5) is 14.2. The number of nitrogens with zero attached hydrogens (tertiary/aromatic N) is 1. The van der Waals surface area contributed by atoms with Crippen molar-refractivity contribution in [1.82, 2.24) is 4.90 Å². The van der Waals surface area contributed by atoms with Crippen molar-refractivity contribution in [2.75, 3.05) is 13.1 Å². The smallest absolute Gasteiger partial charge is 0.321 e. The quantitative estimate of drug-likeness (QED) is 0.613. The third-order valence-electron chi connectivity index (χ3n) is 6.16. The second-order valence-electron chi connectivity index (χ2n) is 9.92. The molecule has 0 aromatic heterocycles. The lowest BCUT2D eigenvalue weighted by molar-refractivity contribution is -0.145. The van der Waals surface area contributed by atoms with Crippen LogP contribution in [0.25, 0.3) is 0 Å². The fourth-order valence-corrected chi connectivity index (χ4v) is 5.90. The minimum atomic E-state index is -1.31. The van der Waals surface area contributed by atoms with Gasteiger partial charge < -0.3 is 9.53 Å². The van der Waals surface area contributed by atoms with Gasteiger partial charge in [0.05, 0.1) is 6.10 Å². The Morgan fingerprint density at radius 2 is 2.00 bits per heavy atom. The predicted molar refractivity (Wildman–Crippen MR) is 118 cm³/mol. The minimum absolute atomic E-state index is 0.00110. The standard InChI is InChI=1S/C23H38FNO3Si/c1-8-15(2)20(22(26)27)25-13-18(16-10-9-11-17(24)12-16)19(14-25)21(23(3,4)5)28-29(6)7/h9-12,15,18-21,29H,8,13-14H2,1-7H3,(H,26,27)/t15-,18-,19+,20-,21?/m1/s1. The predicted octanol–water partition coefficient (Wildman–Crippen LogP) is 4.76. The minimum Gasteiger partial charge on any atom is -0.480 e. The van der Waals surface area contributed by atoms with Gasteiger partial charge in [0, 0.05) is 24.9 Å². The molecule has 5 atom stereocenters. The molecule has 1 unspecified atom stereocenters. The molecule has 6 heteroatoms. The summed E-state index contributed by atoms with van der Waals surface area (Å²) in [5, 5.41) is 9.94. The molecule has 29 heavy (non-hydrogen) atoms. The molecule has 1 fully saturated rings. The summed E-state index contributed by atoms with van der Waals surface area (Å²) < 4.78 is 20.6. The molecule has 1 aliphatic heterocycles. The van der Waals surface area contributed by atoms with Gasteiger partial charge in [-0.3, -0.25) is 9.69 Å². The molecule has 4 nitrogen and oxygen atoms in total. The fraction of sp³-hybridized carbons (Fsp3) is 0.696. The first-order valence-electron chi connectivity index (χ1n) is 10.8. The topological polar surface area (TPSA) is 49.8 Å². The molecular weight excluding hydrogens is 385 g/mol. The van der Waals surface area contributed by atoms with Crippen LogP contribution in [0.15, 0.2) is 24.3 Å². The molecule has 1 aromatic rings. The Hall–Kier alpha value is -1.24. The molecule has 0 amide bonds. The maximum absolute atomic E-state index is 14.0. The van der Waals surface area contributed by atoms with Gasteiger partial charge in [0.2, 0.25) is 0 Å². The largest absolute Gasteiger partial charge is 0.480 e. The van der Waals surface area contributed by atoms with Crippen molar-refractivity contribution in [3.8, 4) is 0 Å². The van der Waals surface area contributed by atoms with Crippen LogP contribution in [-0.2, 0) is 9.22 Å². The van der Waals surface area contributed by atoms with Gasteiger partial charge in [0.1, 0.15) is 11.9 Å². The molecule has 1 aliphatic rings. The van der Waals surface area contributed by atoms with Crippen LogP contribution in [0.3, 0.4) is 0 Å². The van der Waals surface area contributed by atoms with Crippen molar-refractivity contribution >= 4 is 15.0 Å². The first-order chi connectivity index (χ1) is 13.5. The molecule has 0 bridgehead atoms. The van der Waals surface area contributed by atoms with Crippen molar-refractivity contribution in [3.63, 3.8) is 0 Å². The zero-order chi connectivity index (χ0) is 21.9. The first-order valence-corrected chi connectivity index (χ1v) is 13.6. The zero-order valence-corrected chi connectivity index (χ0v) is 20.1. The van der Waals surface area contributed by atoms with E-state index in [4.69, 9.17) is 4.43 Å². The fourth-order valence-electron chi connectivity index (χ4n) is 4.71. The van der Waals surface area contributed by atoms with E-state index >= 15 is 0 Å². The number of halogens is 1. The van der Waals surface area contributed by atoms with Gasteiger partial charge in [-0.1, -0.05) is 53.2 Å². The Labute approximate surface area is 177 Å². The number of hydrogen-bond acceptors (Lipinski definition) is 3. The number of rotatable bonds is 8. The molecule has 0 spiro atoms. The maximum atomic E-state index is 14.0. The lowest BCUT2D eigenvalue weighted by atomic mass is 9.75. The van der Waals surface area contributed by atoms with Gasteiger partial charge in [-0.25, -0.2) is 4.39 Å². The van der Waals surface area contributed by atoms with Crippen LogP contribution >= 0.6 is 0 Å². The van der Waals surface area contributed by atoms with Gasteiger partial charge in [-0.05, 0) is 42.1 Å². The van der Waals surface area contributed by atoms with E-state index in [-0.39, 0.29) is 35.1 Å². The number of hydrogen-bond donors (Lipinski definition) is 1. The van der Waals surface area contributed by atoms with E-state index in [1.807, 2.05) is 19.9 Å². The number of likely N-dealkylation sites (tertiary alicyclic amines) is 1. The highest BCUT2D eigenvalue weighted by atomic mass is 28.3. The van der Waals surface area contributed by atoms with E-state index in [1.165, 1.54) is 6.07 Å². The van der Waals surface area contributed by atoms with Crippen molar-refractivity contribution in [2.45, 2.75) is 72.2 Å². The third-order valence-corrected chi connectivity index (χ3v) is 7.00. The van der Waals surface area contributed by atoms with Crippen LogP contribution in [0, 0.1) is 23.1 Å². The molecule has 0 radical (unpaired) electrons. The summed E-state index contributed by atoms with van der Waals surface area (Å²) in [5.74, 6) is -0.800. The third kappa shape index (κ3) is 5.89. The van der Waals surface area contributed by atoms with Crippen molar-refractivity contribution < 1.29 is 18.7 Å². The Balaban J connectivity index is 2.47. The summed E-state index contributed by atoms with van der Waals surface area (Å²) in [6, 6.07) is 6.25. The molecule has 0 saturated carbocycles. The maximum Gasteiger partial charge on any atom is 0.321 e. The molecule has 164 valence electrons. The number of carboxylic acid groups (broad SMARTS) is 1. The van der Waals surface area contributed by atoms with Crippen LogP contribution in [0.1, 0.15) is 52.5 Å². The van der Waals surface area contributed by atoms with E-state index in [1.54, 1.807) is 12.1 Å². The van der Waals surface area contributed by atoms with Gasteiger partial charge in [0.15, 0.2) is 9.04 Å². The SMILES string of the molecule is CC[C@@H](C)[C@H](C(=O)O)N1C[C@H](c2cccc(F)c2)[C@@H](C(O[SiH](C)C)C(C)(C)C)C1. The van der Waals surface area contributed by atoms with Gasteiger partial charge in [0.25, 0.3) is 0 Å². The molecule has 0 aliphatic carbocycles. The lowest BCUT2D eigenvalue weighted by Gasteiger charge is -2.39. The van der Waals surface area contributed by atoms with Crippen LogP contribution in [0.2, 0.25) is 13.1 Å². The monoisotopic (exact) mass is 423 g/mol. The Kier molecular flexibility index (Phi) is 8.05. The van der Waals surface area contributed by atoms with E-state index in [0.717, 1.165) is 12.0 Å². The molecular formula is C23H38FNO3Si. The number of benzene rings is 1. The van der Waals surface area contributed by atoms with Crippen molar-refractivity contribution in [2.24, 2.45) is 17.3 Å². The van der Waals surface area contributed by atoms with Gasteiger partial charge >= 0.3 is 5.97 Å². The van der Waals surface area contributed by atoms with Gasteiger partial charge in [-0.2, -0.15) is 0 Å². The Bertz CT molecular complexity index is 691. The summed E-state index contributed by atoms with van der Waals surface area (Å²) >= 11 is 0. The number of carbonyl (C=O) groups is 1. The summed E-state index contributed by atoms with van der Waals surface area (Å²) in [7, 11) is -1.31. The van der Waals surface area contributed by atoms with Crippen molar-refractivity contribution in [1.29, 1.82) is 0 Å². The van der Waals surface area contributed by atoms with Gasteiger partial charge in [-0.15, -0.1) is 0 Å². The summed E-state index contributed by atoms with van der Waals surface area (Å²) in [5.41, 5.74) is 0.854. The average Bonchev–Trinajstić information content (AvgIpc) is 3.02. The first kappa shape index (κ1) is 24.0. The summed E-state index contributed by atoms with van der Waals surface area (Å²) in [6.45, 7) is 16.2. The number of aliphatic carboxylic acids is 1. The van der Waals surface area contributed by atoms with E-state index in [2.05, 4.69) is 38.8 Å². The second-order valence-corrected chi connectivity index (χ2v) is 12.3. The molecule has 1 saturated heterocycles. The highest BCUT2D eigenvalue weighted by Gasteiger charge is 2.47. The molecule has 1 N–H and O–H groups in total. The second kappa shape index (κ2) is 9.71. The van der Waals surface area contributed by atoms with Crippen LogP contribution < -0.4 is 0 Å². The highest BCUT2D eigenvalue weighted by molar-refractivity contribution is 6.48. The highest BCUT2D eigenvalue weighted by Crippen LogP contribution is 2.43. The van der Waals surface area contributed by atoms with Crippen molar-refractivity contribution in [3.05, 3.63) is 35.6 Å². The summed E-state index contributed by atoms with van der Waals surface area (Å²) in [6.07, 6.45) is 0.805. The molecule has 1 aromatic carbocycles. The van der Waals surface area contributed by atoms with E-state index in [0.29, 0.717) is 13.1 Å². The Morgan fingerprint density at radius 1 is 1.34 bits per heavy atom.